The summed E-state index contributed by atoms with van der Waals surface area (Å²) in [6.07, 6.45) is 5.82. The number of nitrogens with zero attached hydrogens (tertiary/aromatic N) is 3. The van der Waals surface area contributed by atoms with Gasteiger partial charge < -0.3 is 10.7 Å². The number of nitrogens with one attached hydrogen (secondary N) is 2. The molecule has 4 aromatic rings. The number of nitrogens with two attached hydrogens (primary N) is 1. The van der Waals surface area contributed by atoms with E-state index < -0.39 is 0 Å². The van der Waals surface area contributed by atoms with E-state index in [0.29, 0.717) is 5.82 Å². The molecule has 132 valence electrons. The second-order valence-electron chi connectivity index (χ2n) is 7.12. The van der Waals surface area contributed by atoms with E-state index in [-0.39, 0.29) is 0 Å². The van der Waals surface area contributed by atoms with E-state index in [4.69, 9.17) is 5.73 Å². The Morgan fingerprint density at radius 3 is 2.81 bits per heavy atom. The van der Waals surface area contributed by atoms with Gasteiger partial charge in [-0.3, -0.25) is 10.00 Å². The zero-order valence-corrected chi connectivity index (χ0v) is 14.6. The number of hydrogen-bond acceptors (Lipinski definition) is 4. The lowest BCUT2D eigenvalue weighted by Gasteiger charge is -2.25. The number of piperidine rings is 1. The quantitative estimate of drug-likeness (QED) is 0.528. The van der Waals surface area contributed by atoms with Crippen LogP contribution < -0.4 is 5.73 Å². The molecule has 26 heavy (non-hydrogen) atoms. The van der Waals surface area contributed by atoms with Gasteiger partial charge in [-0.25, -0.2) is 4.98 Å². The van der Waals surface area contributed by atoms with Gasteiger partial charge in [0.05, 0.1) is 5.52 Å². The monoisotopic (exact) mass is 346 g/mol. The molecule has 0 saturated carbocycles. The molecule has 3 aromatic heterocycles. The molecule has 0 atom stereocenters. The van der Waals surface area contributed by atoms with E-state index in [9.17, 15) is 0 Å². The van der Waals surface area contributed by atoms with Crippen molar-refractivity contribution < 1.29 is 0 Å². The predicted octanol–water partition coefficient (Wildman–Crippen LogP) is 3.67. The number of aromatic amines is 2. The molecule has 4 N–H and O–H groups in total. The van der Waals surface area contributed by atoms with E-state index >= 15 is 0 Å². The average molecular weight is 346 g/mol. The molecule has 4 heterocycles. The third-order valence-corrected chi connectivity index (χ3v) is 5.33. The van der Waals surface area contributed by atoms with Gasteiger partial charge >= 0.3 is 0 Å². The second-order valence-corrected chi connectivity index (χ2v) is 7.12. The van der Waals surface area contributed by atoms with Gasteiger partial charge in [0.2, 0.25) is 0 Å². The van der Waals surface area contributed by atoms with Crippen LogP contribution in [0.15, 0.2) is 36.5 Å². The summed E-state index contributed by atoms with van der Waals surface area (Å²) in [5.41, 5.74) is 11.4. The maximum Gasteiger partial charge on any atom is 0.153 e. The van der Waals surface area contributed by atoms with Crippen LogP contribution in [0.25, 0.3) is 33.1 Å². The summed E-state index contributed by atoms with van der Waals surface area (Å²) in [6.45, 7) is 3.34. The van der Waals surface area contributed by atoms with Crippen molar-refractivity contribution in [1.82, 2.24) is 25.1 Å². The fraction of sp³-hybridized carbons (Fsp3) is 0.300. The molecule has 6 heteroatoms. The topological polar surface area (TPSA) is 86.6 Å². The van der Waals surface area contributed by atoms with Crippen molar-refractivity contribution in [3.63, 3.8) is 0 Å². The number of fused-ring (bicyclic) bond motifs is 2. The summed E-state index contributed by atoms with van der Waals surface area (Å²) >= 11 is 0. The summed E-state index contributed by atoms with van der Waals surface area (Å²) < 4.78 is 0. The third-order valence-electron chi connectivity index (χ3n) is 5.33. The van der Waals surface area contributed by atoms with Gasteiger partial charge in [-0.2, -0.15) is 5.10 Å². The number of hydrogen-bond donors (Lipinski definition) is 3. The highest BCUT2D eigenvalue weighted by molar-refractivity contribution is 5.98. The number of nitrogen functional groups attached to an aromatic ring is 1. The van der Waals surface area contributed by atoms with Crippen LogP contribution in [-0.4, -0.2) is 38.2 Å². The zero-order chi connectivity index (χ0) is 17.5. The van der Waals surface area contributed by atoms with Crippen molar-refractivity contribution in [2.45, 2.75) is 25.8 Å². The molecule has 1 fully saturated rings. The zero-order valence-electron chi connectivity index (χ0n) is 14.6. The van der Waals surface area contributed by atoms with Crippen LogP contribution in [0.5, 0.6) is 0 Å². The standard InChI is InChI=1S/C20H22N6/c21-19-17-10-13(4-5-18(17)24-25-19)15-6-7-22-20-16(15)11-14(23-20)12-26-8-2-1-3-9-26/h4-7,10-11H,1-3,8-9,12H2,(H,22,23)(H3,21,24,25). The van der Waals surface area contributed by atoms with E-state index in [2.05, 4.69) is 49.3 Å². The maximum atomic E-state index is 5.98. The molecule has 0 amide bonds. The van der Waals surface area contributed by atoms with Gasteiger partial charge in [0, 0.05) is 29.2 Å². The first-order chi connectivity index (χ1) is 12.8. The first-order valence-corrected chi connectivity index (χ1v) is 9.21. The van der Waals surface area contributed by atoms with Gasteiger partial charge in [-0.15, -0.1) is 0 Å². The molecule has 1 saturated heterocycles. The average Bonchev–Trinajstić information content (AvgIpc) is 3.25. The summed E-state index contributed by atoms with van der Waals surface area (Å²) in [4.78, 5) is 10.6. The minimum atomic E-state index is 0.534. The first-order valence-electron chi connectivity index (χ1n) is 9.21. The highest BCUT2D eigenvalue weighted by Gasteiger charge is 2.14. The highest BCUT2D eigenvalue weighted by atomic mass is 15.2. The SMILES string of the molecule is Nc1n[nH]c2ccc(-c3ccnc4[nH]c(CN5CCCCC5)cc34)cc12. The van der Waals surface area contributed by atoms with Gasteiger partial charge in [-0.1, -0.05) is 12.5 Å². The highest BCUT2D eigenvalue weighted by Crippen LogP contribution is 2.31. The molecule has 1 aliphatic heterocycles. The largest absolute Gasteiger partial charge is 0.382 e. The van der Waals surface area contributed by atoms with Crippen LogP contribution >= 0.6 is 0 Å². The first kappa shape index (κ1) is 15.4. The Kier molecular flexibility index (Phi) is 3.64. The van der Waals surface area contributed by atoms with Gasteiger partial charge in [0.25, 0.3) is 0 Å². The second kappa shape index (κ2) is 6.14. The molecular formula is C20H22N6. The van der Waals surface area contributed by atoms with Crippen LogP contribution in [-0.2, 0) is 6.54 Å². The minimum Gasteiger partial charge on any atom is -0.382 e. The smallest absolute Gasteiger partial charge is 0.153 e. The van der Waals surface area contributed by atoms with Crippen molar-refractivity contribution in [2.24, 2.45) is 0 Å². The molecule has 0 bridgehead atoms. The number of rotatable bonds is 3. The van der Waals surface area contributed by atoms with Gasteiger partial charge in [0.1, 0.15) is 5.65 Å². The van der Waals surface area contributed by atoms with E-state index in [1.165, 1.54) is 43.6 Å². The number of anilines is 1. The van der Waals surface area contributed by atoms with Crippen molar-refractivity contribution >= 4 is 27.8 Å². The molecule has 0 radical (unpaired) electrons. The number of aromatic nitrogens is 4. The summed E-state index contributed by atoms with van der Waals surface area (Å²) in [6, 6.07) is 10.5. The maximum absolute atomic E-state index is 5.98. The third kappa shape index (κ3) is 2.63. The normalized spacial score (nSPS) is 15.8. The lowest BCUT2D eigenvalue weighted by molar-refractivity contribution is 0.219. The molecule has 6 nitrogen and oxygen atoms in total. The van der Waals surface area contributed by atoms with E-state index in [1.54, 1.807) is 0 Å². The van der Waals surface area contributed by atoms with Crippen molar-refractivity contribution in [3.8, 4) is 11.1 Å². The number of pyridine rings is 1. The fourth-order valence-corrected chi connectivity index (χ4v) is 3.98. The molecular weight excluding hydrogens is 324 g/mol. The minimum absolute atomic E-state index is 0.534. The lowest BCUT2D eigenvalue weighted by Crippen LogP contribution is -2.29. The molecule has 0 spiro atoms. The van der Waals surface area contributed by atoms with Gasteiger partial charge in [0.15, 0.2) is 5.82 Å². The Morgan fingerprint density at radius 1 is 1.04 bits per heavy atom. The Bertz CT molecular complexity index is 1070. The van der Waals surface area contributed by atoms with E-state index in [1.807, 2.05) is 12.3 Å². The Hall–Kier alpha value is -2.86. The molecule has 1 aliphatic rings. The number of H-pyrrole nitrogens is 2. The molecule has 0 unspecified atom stereocenters. The fourth-order valence-electron chi connectivity index (χ4n) is 3.98. The van der Waals surface area contributed by atoms with Crippen LogP contribution in [0.4, 0.5) is 5.82 Å². The Balaban J connectivity index is 1.55. The van der Waals surface area contributed by atoms with Crippen LogP contribution in [0.2, 0.25) is 0 Å². The molecule has 1 aromatic carbocycles. The Labute approximate surface area is 151 Å². The Morgan fingerprint density at radius 2 is 1.92 bits per heavy atom. The van der Waals surface area contributed by atoms with Crippen molar-refractivity contribution in [3.05, 3.63) is 42.2 Å². The number of likely N-dealkylation sites (tertiary alicyclic amines) is 1. The molecule has 0 aliphatic carbocycles. The van der Waals surface area contributed by atoms with Crippen molar-refractivity contribution in [1.29, 1.82) is 0 Å². The van der Waals surface area contributed by atoms with Gasteiger partial charge in [-0.05, 0) is 61.3 Å². The van der Waals surface area contributed by atoms with Crippen LogP contribution in [0, 0.1) is 0 Å². The summed E-state index contributed by atoms with van der Waals surface area (Å²) in [7, 11) is 0. The predicted molar refractivity (Wildman–Crippen MR) is 105 cm³/mol. The van der Waals surface area contributed by atoms with Crippen molar-refractivity contribution in [2.75, 3.05) is 18.8 Å². The van der Waals surface area contributed by atoms with Crippen LogP contribution in [0.1, 0.15) is 25.0 Å². The lowest BCUT2D eigenvalue weighted by atomic mass is 10.0. The number of benzene rings is 1. The summed E-state index contributed by atoms with van der Waals surface area (Å²) in [5, 5.41) is 9.15. The molecule has 5 rings (SSSR count). The summed E-state index contributed by atoms with van der Waals surface area (Å²) in [5.74, 6) is 0.534. The van der Waals surface area contributed by atoms with Crippen LogP contribution in [0.3, 0.4) is 0 Å². The van der Waals surface area contributed by atoms with E-state index in [0.717, 1.165) is 34.0 Å².